The number of carbonyl (C=O) groups excluding carboxylic acids is 1. The number of aliphatic hydroxyl groups excluding tert-OH is 1. The SMILES string of the molecule is O=C1[C@H](CC[C@H](O)c2ccccc2)[C@@H](c2ccc(-c3ccc(P(=O)(O)O)cc3)c(O)c2)N1c1ccccc1. The minimum Gasteiger partial charge on any atom is -0.507 e. The molecule has 1 aliphatic rings. The summed E-state index contributed by atoms with van der Waals surface area (Å²) in [4.78, 5) is 33.7. The normalized spacial score (nSPS) is 18.2. The summed E-state index contributed by atoms with van der Waals surface area (Å²) in [5.74, 6) is -0.388. The van der Waals surface area contributed by atoms with Crippen molar-refractivity contribution < 1.29 is 29.4 Å². The summed E-state index contributed by atoms with van der Waals surface area (Å²) in [6.45, 7) is 0. The first-order valence-corrected chi connectivity index (χ1v) is 14.0. The van der Waals surface area contributed by atoms with Gasteiger partial charge in [0.05, 0.1) is 23.4 Å². The summed E-state index contributed by atoms with van der Waals surface area (Å²) < 4.78 is 11.5. The molecule has 0 saturated carbocycles. The lowest BCUT2D eigenvalue weighted by Gasteiger charge is -2.48. The van der Waals surface area contributed by atoms with E-state index < -0.39 is 13.7 Å². The molecule has 1 amide bonds. The Labute approximate surface area is 220 Å². The van der Waals surface area contributed by atoms with E-state index in [0.29, 0.717) is 24.0 Å². The molecule has 3 atom stereocenters. The molecule has 194 valence electrons. The van der Waals surface area contributed by atoms with Gasteiger partial charge in [0.1, 0.15) is 5.75 Å². The molecule has 0 bridgehead atoms. The Morgan fingerprint density at radius 1 is 0.842 bits per heavy atom. The third-order valence-electron chi connectivity index (χ3n) is 7.06. The van der Waals surface area contributed by atoms with Gasteiger partial charge in [0.15, 0.2) is 0 Å². The van der Waals surface area contributed by atoms with Crippen molar-refractivity contribution in [2.45, 2.75) is 25.0 Å². The fraction of sp³-hybridized carbons (Fsp3) is 0.167. The zero-order valence-electron chi connectivity index (χ0n) is 20.5. The molecule has 5 rings (SSSR count). The van der Waals surface area contributed by atoms with E-state index in [0.717, 1.165) is 16.8 Å². The number of benzene rings is 4. The predicted octanol–water partition coefficient (Wildman–Crippen LogP) is 5.08. The molecule has 7 nitrogen and oxygen atoms in total. The Morgan fingerprint density at radius 2 is 1.47 bits per heavy atom. The molecule has 38 heavy (non-hydrogen) atoms. The van der Waals surface area contributed by atoms with E-state index in [2.05, 4.69) is 0 Å². The number of rotatable bonds is 8. The molecule has 8 heteroatoms. The molecule has 0 spiro atoms. The van der Waals surface area contributed by atoms with Gasteiger partial charge in [-0.2, -0.15) is 0 Å². The minimum absolute atomic E-state index is 0.00172. The van der Waals surface area contributed by atoms with E-state index in [1.807, 2.05) is 66.7 Å². The summed E-state index contributed by atoms with van der Waals surface area (Å²) in [7, 11) is -4.36. The summed E-state index contributed by atoms with van der Waals surface area (Å²) in [5, 5.41) is 21.5. The van der Waals surface area contributed by atoms with Crippen LogP contribution in [0.2, 0.25) is 0 Å². The van der Waals surface area contributed by atoms with Gasteiger partial charge in [0, 0.05) is 11.3 Å². The van der Waals surface area contributed by atoms with Gasteiger partial charge in [-0.15, -0.1) is 0 Å². The zero-order valence-corrected chi connectivity index (χ0v) is 21.4. The highest BCUT2D eigenvalue weighted by Gasteiger charge is 2.48. The molecule has 4 aromatic rings. The second-order valence-corrected chi connectivity index (χ2v) is 11.1. The molecule has 1 heterocycles. The molecule has 0 unspecified atom stereocenters. The van der Waals surface area contributed by atoms with Crippen molar-refractivity contribution in [1.29, 1.82) is 0 Å². The fourth-order valence-corrected chi connectivity index (χ4v) is 5.62. The van der Waals surface area contributed by atoms with Crippen molar-refractivity contribution in [3.63, 3.8) is 0 Å². The number of phenolic OH excluding ortho intramolecular Hbond substituents is 1. The number of para-hydroxylation sites is 1. The van der Waals surface area contributed by atoms with Crippen molar-refractivity contribution in [3.05, 3.63) is 114 Å². The zero-order chi connectivity index (χ0) is 26.9. The molecule has 0 radical (unpaired) electrons. The number of phenols is 1. The van der Waals surface area contributed by atoms with Gasteiger partial charge >= 0.3 is 7.60 Å². The summed E-state index contributed by atoms with van der Waals surface area (Å²) in [5.41, 5.74) is 3.46. The van der Waals surface area contributed by atoms with Gasteiger partial charge < -0.3 is 24.9 Å². The molecule has 1 fully saturated rings. The van der Waals surface area contributed by atoms with Crippen molar-refractivity contribution >= 4 is 24.5 Å². The van der Waals surface area contributed by atoms with Crippen LogP contribution in [-0.2, 0) is 9.36 Å². The molecule has 0 aliphatic carbocycles. The Kier molecular flexibility index (Phi) is 7.19. The number of carbonyl (C=O) groups is 1. The maximum Gasteiger partial charge on any atom is 0.356 e. The minimum atomic E-state index is -4.36. The Balaban J connectivity index is 1.42. The van der Waals surface area contributed by atoms with Crippen LogP contribution in [0.4, 0.5) is 5.69 Å². The van der Waals surface area contributed by atoms with Crippen LogP contribution in [0.25, 0.3) is 11.1 Å². The number of amides is 1. The number of hydrogen-bond donors (Lipinski definition) is 4. The number of anilines is 1. The standard InChI is InChI=1S/C30H28NO6P/c32-27(21-7-3-1-4-8-21)18-17-26-29(31(30(26)34)23-9-5-2-6-10-23)22-13-16-25(28(33)19-22)20-11-14-24(15-12-20)38(35,36)37/h1-16,19,26-27,29,32-33H,17-18H2,(H2,35,36,37)/t26-,27+,29-/m1/s1. The van der Waals surface area contributed by atoms with E-state index in [1.54, 1.807) is 29.2 Å². The number of hydrogen-bond acceptors (Lipinski definition) is 4. The highest BCUT2D eigenvalue weighted by atomic mass is 31.2. The van der Waals surface area contributed by atoms with Crippen molar-refractivity contribution in [2.24, 2.45) is 5.92 Å². The first kappa shape index (κ1) is 25.9. The Morgan fingerprint density at radius 3 is 2.08 bits per heavy atom. The summed E-state index contributed by atoms with van der Waals surface area (Å²) in [6.07, 6.45) is 0.229. The van der Waals surface area contributed by atoms with Crippen molar-refractivity contribution in [1.82, 2.24) is 0 Å². The van der Waals surface area contributed by atoms with Gasteiger partial charge in [-0.05, 0) is 59.9 Å². The van der Waals surface area contributed by atoms with E-state index in [1.165, 1.54) is 12.1 Å². The number of β-lactam (4-membered cyclic amide) rings is 1. The third kappa shape index (κ3) is 5.15. The van der Waals surface area contributed by atoms with Crippen LogP contribution in [0.1, 0.15) is 36.1 Å². The molecule has 0 aromatic heterocycles. The van der Waals surface area contributed by atoms with Gasteiger partial charge in [0.25, 0.3) is 0 Å². The quantitative estimate of drug-likeness (QED) is 0.187. The van der Waals surface area contributed by atoms with Gasteiger partial charge in [-0.1, -0.05) is 72.8 Å². The van der Waals surface area contributed by atoms with Crippen LogP contribution in [-0.4, -0.2) is 25.9 Å². The van der Waals surface area contributed by atoms with Crippen LogP contribution in [0.3, 0.4) is 0 Å². The van der Waals surface area contributed by atoms with Crippen molar-refractivity contribution in [3.8, 4) is 16.9 Å². The number of nitrogens with zero attached hydrogens (tertiary/aromatic N) is 1. The van der Waals surface area contributed by atoms with Crippen molar-refractivity contribution in [2.75, 3.05) is 4.90 Å². The third-order valence-corrected chi connectivity index (χ3v) is 8.03. The van der Waals surface area contributed by atoms with Crippen LogP contribution < -0.4 is 10.2 Å². The van der Waals surface area contributed by atoms with E-state index in [9.17, 15) is 29.4 Å². The van der Waals surface area contributed by atoms with E-state index in [-0.39, 0.29) is 28.9 Å². The lowest BCUT2D eigenvalue weighted by molar-refractivity contribution is -0.131. The maximum absolute atomic E-state index is 13.3. The van der Waals surface area contributed by atoms with Crippen LogP contribution in [0.15, 0.2) is 103 Å². The molecule has 4 N–H and O–H groups in total. The number of aliphatic hydroxyl groups is 1. The van der Waals surface area contributed by atoms with Gasteiger partial charge in [-0.3, -0.25) is 9.36 Å². The smallest absolute Gasteiger partial charge is 0.356 e. The monoisotopic (exact) mass is 529 g/mol. The number of aromatic hydroxyl groups is 1. The molecule has 1 aliphatic heterocycles. The van der Waals surface area contributed by atoms with E-state index >= 15 is 0 Å². The molecular weight excluding hydrogens is 501 g/mol. The lowest BCUT2D eigenvalue weighted by Crippen LogP contribution is -2.55. The Bertz CT molecular complexity index is 1470. The molecule has 1 saturated heterocycles. The Hall–Kier alpha value is -3.74. The largest absolute Gasteiger partial charge is 0.507 e. The topological polar surface area (TPSA) is 118 Å². The second kappa shape index (κ2) is 10.6. The van der Waals surface area contributed by atoms with Gasteiger partial charge in [-0.25, -0.2) is 0 Å². The second-order valence-electron chi connectivity index (χ2n) is 9.47. The van der Waals surface area contributed by atoms with Crippen LogP contribution >= 0.6 is 7.60 Å². The lowest BCUT2D eigenvalue weighted by atomic mass is 9.78. The van der Waals surface area contributed by atoms with Crippen LogP contribution in [0.5, 0.6) is 5.75 Å². The average molecular weight is 530 g/mol. The maximum atomic E-state index is 13.3. The highest BCUT2D eigenvalue weighted by molar-refractivity contribution is 7.60. The first-order valence-electron chi connectivity index (χ1n) is 12.3. The highest BCUT2D eigenvalue weighted by Crippen LogP contribution is 2.47. The average Bonchev–Trinajstić information content (AvgIpc) is 2.92. The summed E-state index contributed by atoms with van der Waals surface area (Å²) in [6, 6.07) is 29.5. The fourth-order valence-electron chi connectivity index (χ4n) is 5.08. The molecular formula is C30H28NO6P. The van der Waals surface area contributed by atoms with Crippen LogP contribution in [0, 0.1) is 5.92 Å². The molecule has 4 aromatic carbocycles. The van der Waals surface area contributed by atoms with E-state index in [4.69, 9.17) is 0 Å². The van der Waals surface area contributed by atoms with Gasteiger partial charge in [0.2, 0.25) is 5.91 Å². The first-order chi connectivity index (χ1) is 18.2. The summed E-state index contributed by atoms with van der Waals surface area (Å²) >= 11 is 0. The predicted molar refractivity (Wildman–Crippen MR) is 146 cm³/mol.